The van der Waals surface area contributed by atoms with E-state index in [0.717, 1.165) is 4.90 Å². The second-order valence-electron chi connectivity index (χ2n) is 6.26. The Kier molecular flexibility index (Phi) is 3.97. The van der Waals surface area contributed by atoms with E-state index in [9.17, 15) is 9.59 Å². The third kappa shape index (κ3) is 2.66. The van der Waals surface area contributed by atoms with E-state index in [1.807, 2.05) is 0 Å². The first-order valence-corrected chi connectivity index (χ1v) is 8.62. The van der Waals surface area contributed by atoms with Gasteiger partial charge in [-0.2, -0.15) is 0 Å². The van der Waals surface area contributed by atoms with Gasteiger partial charge in [-0.3, -0.25) is 9.69 Å². The molecular formula is C18H14Cl2N2O4. The second-order valence-corrected chi connectivity index (χ2v) is 7.08. The summed E-state index contributed by atoms with van der Waals surface area (Å²) in [6.45, 7) is 1.90. The van der Waals surface area contributed by atoms with Crippen molar-refractivity contribution in [2.24, 2.45) is 0 Å². The summed E-state index contributed by atoms with van der Waals surface area (Å²) >= 11 is 11.9. The molecule has 0 aromatic heterocycles. The Bertz CT molecular complexity index is 933. The Labute approximate surface area is 159 Å². The molecule has 2 aliphatic heterocycles. The van der Waals surface area contributed by atoms with Crippen LogP contribution in [0.3, 0.4) is 0 Å². The van der Waals surface area contributed by atoms with Crippen molar-refractivity contribution in [1.82, 2.24) is 10.2 Å². The Hall–Kier alpha value is -2.44. The van der Waals surface area contributed by atoms with Gasteiger partial charge in [-0.1, -0.05) is 35.3 Å². The molecule has 134 valence electrons. The van der Waals surface area contributed by atoms with Crippen LogP contribution in [0.1, 0.15) is 18.1 Å². The molecule has 1 saturated heterocycles. The van der Waals surface area contributed by atoms with Gasteiger partial charge in [0.05, 0.1) is 16.6 Å². The largest absolute Gasteiger partial charge is 0.454 e. The Balaban J connectivity index is 1.63. The van der Waals surface area contributed by atoms with Gasteiger partial charge < -0.3 is 14.8 Å². The number of ether oxygens (including phenoxy) is 2. The van der Waals surface area contributed by atoms with Gasteiger partial charge in [0.1, 0.15) is 5.54 Å². The summed E-state index contributed by atoms with van der Waals surface area (Å²) in [6.07, 6.45) is 0. The smallest absolute Gasteiger partial charge is 0.325 e. The van der Waals surface area contributed by atoms with E-state index in [2.05, 4.69) is 5.32 Å². The molecule has 0 radical (unpaired) electrons. The van der Waals surface area contributed by atoms with Gasteiger partial charge in [0.15, 0.2) is 11.5 Å². The molecule has 26 heavy (non-hydrogen) atoms. The molecule has 8 heteroatoms. The molecule has 3 amide bonds. The van der Waals surface area contributed by atoms with Crippen molar-refractivity contribution in [3.05, 3.63) is 57.6 Å². The fourth-order valence-electron chi connectivity index (χ4n) is 3.06. The maximum Gasteiger partial charge on any atom is 0.325 e. The van der Waals surface area contributed by atoms with E-state index in [0.29, 0.717) is 32.7 Å². The van der Waals surface area contributed by atoms with E-state index >= 15 is 0 Å². The van der Waals surface area contributed by atoms with Crippen LogP contribution < -0.4 is 14.8 Å². The van der Waals surface area contributed by atoms with Crippen molar-refractivity contribution in [3.8, 4) is 11.5 Å². The van der Waals surface area contributed by atoms with Crippen molar-refractivity contribution in [1.29, 1.82) is 0 Å². The van der Waals surface area contributed by atoms with Crippen LogP contribution >= 0.6 is 23.2 Å². The van der Waals surface area contributed by atoms with Gasteiger partial charge in [-0.05, 0) is 42.3 Å². The predicted molar refractivity (Wildman–Crippen MR) is 95.5 cm³/mol. The lowest BCUT2D eigenvalue weighted by atomic mass is 9.91. The number of nitrogens with zero attached hydrogens (tertiary/aromatic N) is 1. The molecule has 2 aromatic rings. The Morgan fingerprint density at radius 2 is 1.85 bits per heavy atom. The average Bonchev–Trinajstić information content (AvgIpc) is 3.16. The van der Waals surface area contributed by atoms with Crippen LogP contribution in [-0.2, 0) is 16.9 Å². The SMILES string of the molecule is C[C@]1(c2ccc3c(c2)OCO3)NC(=O)N(Cc2ccc(Cl)c(Cl)c2)C1=O. The van der Waals surface area contributed by atoms with Gasteiger partial charge in [0, 0.05) is 0 Å². The minimum atomic E-state index is -1.19. The van der Waals surface area contributed by atoms with Gasteiger partial charge in [0.2, 0.25) is 6.79 Å². The number of hydrogen-bond donors (Lipinski definition) is 1. The molecule has 1 fully saturated rings. The first kappa shape index (κ1) is 17.0. The summed E-state index contributed by atoms with van der Waals surface area (Å²) in [7, 11) is 0. The minimum absolute atomic E-state index is 0.0989. The molecule has 0 unspecified atom stereocenters. The normalized spacial score (nSPS) is 21.3. The van der Waals surface area contributed by atoms with Gasteiger partial charge in [0.25, 0.3) is 5.91 Å². The van der Waals surface area contributed by atoms with E-state index in [-0.39, 0.29) is 19.2 Å². The number of fused-ring (bicyclic) bond motifs is 1. The van der Waals surface area contributed by atoms with Crippen LogP contribution in [0.25, 0.3) is 0 Å². The van der Waals surface area contributed by atoms with Crippen LogP contribution in [0.5, 0.6) is 11.5 Å². The van der Waals surface area contributed by atoms with Crippen molar-refractivity contribution < 1.29 is 19.1 Å². The molecule has 0 spiro atoms. The second kappa shape index (κ2) is 6.07. The van der Waals surface area contributed by atoms with E-state index in [1.54, 1.807) is 43.3 Å². The number of carbonyl (C=O) groups is 2. The lowest BCUT2D eigenvalue weighted by Crippen LogP contribution is -2.40. The predicted octanol–water partition coefficient (Wildman–Crippen LogP) is 3.69. The number of rotatable bonds is 3. The molecule has 0 bridgehead atoms. The number of halogens is 2. The zero-order chi connectivity index (χ0) is 18.5. The number of hydrogen-bond acceptors (Lipinski definition) is 4. The van der Waals surface area contributed by atoms with Crippen LogP contribution in [0.4, 0.5) is 4.79 Å². The van der Waals surface area contributed by atoms with Crippen molar-refractivity contribution in [2.45, 2.75) is 19.0 Å². The summed E-state index contributed by atoms with van der Waals surface area (Å²) in [4.78, 5) is 26.6. The van der Waals surface area contributed by atoms with Crippen molar-refractivity contribution in [2.75, 3.05) is 6.79 Å². The van der Waals surface area contributed by atoms with Gasteiger partial charge in [-0.15, -0.1) is 0 Å². The number of amides is 3. The summed E-state index contributed by atoms with van der Waals surface area (Å²) in [5.74, 6) is 0.808. The van der Waals surface area contributed by atoms with Crippen LogP contribution in [-0.4, -0.2) is 23.6 Å². The number of imide groups is 1. The highest BCUT2D eigenvalue weighted by Gasteiger charge is 2.49. The summed E-state index contributed by atoms with van der Waals surface area (Å²) in [5, 5.41) is 3.55. The summed E-state index contributed by atoms with van der Waals surface area (Å²) in [6, 6.07) is 9.71. The third-order valence-corrected chi connectivity index (χ3v) is 5.29. The van der Waals surface area contributed by atoms with Crippen LogP contribution in [0.15, 0.2) is 36.4 Å². The van der Waals surface area contributed by atoms with E-state index in [4.69, 9.17) is 32.7 Å². The molecule has 1 N–H and O–H groups in total. The Morgan fingerprint density at radius 3 is 2.62 bits per heavy atom. The first-order valence-electron chi connectivity index (χ1n) is 7.86. The summed E-state index contributed by atoms with van der Waals surface area (Å²) < 4.78 is 10.7. The standard InChI is InChI=1S/C18H14Cl2N2O4/c1-18(11-3-5-14-15(7-11)26-9-25-14)16(23)22(17(24)21-18)8-10-2-4-12(19)13(20)6-10/h2-7H,8-9H2,1H3,(H,21,24)/t18-/m1/s1. The maximum atomic E-state index is 13.0. The summed E-state index contributed by atoms with van der Waals surface area (Å²) in [5.41, 5.74) is 0.142. The van der Waals surface area contributed by atoms with Crippen molar-refractivity contribution in [3.63, 3.8) is 0 Å². The lowest BCUT2D eigenvalue weighted by molar-refractivity contribution is -0.131. The molecule has 6 nitrogen and oxygen atoms in total. The molecule has 2 aromatic carbocycles. The molecular weight excluding hydrogens is 379 g/mol. The molecule has 2 heterocycles. The highest BCUT2D eigenvalue weighted by atomic mass is 35.5. The zero-order valence-electron chi connectivity index (χ0n) is 13.7. The number of urea groups is 1. The fraction of sp³-hybridized carbons (Fsp3) is 0.222. The maximum absolute atomic E-state index is 13.0. The van der Waals surface area contributed by atoms with E-state index < -0.39 is 11.6 Å². The van der Waals surface area contributed by atoms with E-state index in [1.165, 1.54) is 0 Å². The number of benzene rings is 2. The molecule has 1 atom stereocenters. The van der Waals surface area contributed by atoms with Crippen LogP contribution in [0.2, 0.25) is 10.0 Å². The fourth-order valence-corrected chi connectivity index (χ4v) is 3.39. The van der Waals surface area contributed by atoms with Crippen molar-refractivity contribution >= 4 is 35.1 Å². The monoisotopic (exact) mass is 392 g/mol. The quantitative estimate of drug-likeness (QED) is 0.808. The number of carbonyl (C=O) groups excluding carboxylic acids is 2. The Morgan fingerprint density at radius 1 is 1.08 bits per heavy atom. The minimum Gasteiger partial charge on any atom is -0.454 e. The van der Waals surface area contributed by atoms with Gasteiger partial charge >= 0.3 is 6.03 Å². The van der Waals surface area contributed by atoms with Crippen LogP contribution in [0, 0.1) is 0 Å². The molecule has 4 rings (SSSR count). The topological polar surface area (TPSA) is 67.9 Å². The number of nitrogens with one attached hydrogen (secondary N) is 1. The van der Waals surface area contributed by atoms with Gasteiger partial charge in [-0.25, -0.2) is 4.79 Å². The first-order chi connectivity index (χ1) is 12.4. The molecule has 0 saturated carbocycles. The average molecular weight is 393 g/mol. The molecule has 0 aliphatic carbocycles. The highest BCUT2D eigenvalue weighted by Crippen LogP contribution is 2.38. The zero-order valence-corrected chi connectivity index (χ0v) is 15.2. The molecule has 2 aliphatic rings. The third-order valence-electron chi connectivity index (χ3n) is 4.55. The highest BCUT2D eigenvalue weighted by molar-refractivity contribution is 6.42. The lowest BCUT2D eigenvalue weighted by Gasteiger charge is -2.22.